The molecule has 0 bridgehead atoms. The summed E-state index contributed by atoms with van der Waals surface area (Å²) >= 11 is 0. The van der Waals surface area contributed by atoms with Gasteiger partial charge in [0.15, 0.2) is 0 Å². The van der Waals surface area contributed by atoms with Crippen molar-refractivity contribution in [3.8, 4) is 5.75 Å². The molecule has 0 aliphatic heterocycles. The summed E-state index contributed by atoms with van der Waals surface area (Å²) in [5, 5.41) is 9.77. The van der Waals surface area contributed by atoms with E-state index >= 15 is 0 Å². The van der Waals surface area contributed by atoms with Gasteiger partial charge in [0.25, 0.3) is 0 Å². The van der Waals surface area contributed by atoms with Crippen LogP contribution >= 0.6 is 0 Å². The number of methoxy groups -OCH3 is 1. The summed E-state index contributed by atoms with van der Waals surface area (Å²) in [5.74, 6) is 0.667. The zero-order valence-corrected chi connectivity index (χ0v) is 8.77. The highest BCUT2D eigenvalue weighted by Crippen LogP contribution is 2.17. The molecule has 0 saturated carbocycles. The first-order valence-corrected chi connectivity index (χ1v) is 4.45. The number of likely N-dealkylation sites (N-methyl/N-ethyl adjacent to an activating group) is 1. The van der Waals surface area contributed by atoms with Gasteiger partial charge in [0.1, 0.15) is 5.75 Å². The molecule has 0 radical (unpaired) electrons. The summed E-state index contributed by atoms with van der Waals surface area (Å²) in [6.45, 7) is 0.578. The molecule has 0 aromatic carbocycles. The lowest BCUT2D eigenvalue weighted by Gasteiger charge is -2.16. The Kier molecular flexibility index (Phi) is 3.85. The molecule has 4 nitrogen and oxygen atoms in total. The molecule has 1 N–H and O–H groups in total. The fraction of sp³-hybridized carbons (Fsp3) is 0.500. The van der Waals surface area contributed by atoms with Gasteiger partial charge in [-0.1, -0.05) is 0 Å². The molecule has 14 heavy (non-hydrogen) atoms. The molecule has 78 valence electrons. The minimum atomic E-state index is -0.521. The van der Waals surface area contributed by atoms with Crippen molar-refractivity contribution in [2.24, 2.45) is 0 Å². The Bertz CT molecular complexity index is 289. The van der Waals surface area contributed by atoms with Crippen molar-refractivity contribution in [3.63, 3.8) is 0 Å². The summed E-state index contributed by atoms with van der Waals surface area (Å²) in [6.07, 6.45) is 2.75. The second-order valence-electron chi connectivity index (χ2n) is 3.44. The normalized spacial score (nSPS) is 12.9. The van der Waals surface area contributed by atoms with E-state index in [1.807, 2.05) is 19.0 Å². The van der Waals surface area contributed by atoms with Crippen molar-refractivity contribution in [2.75, 3.05) is 27.7 Å². The first-order valence-electron chi connectivity index (χ1n) is 4.45. The van der Waals surface area contributed by atoms with Gasteiger partial charge in [0.05, 0.1) is 19.4 Å². The number of rotatable bonds is 4. The van der Waals surface area contributed by atoms with Gasteiger partial charge in [-0.2, -0.15) is 0 Å². The van der Waals surface area contributed by atoms with E-state index in [0.29, 0.717) is 12.3 Å². The minimum Gasteiger partial charge on any atom is -0.495 e. The molecule has 1 aromatic rings. The number of pyridine rings is 1. The zero-order chi connectivity index (χ0) is 10.6. The summed E-state index contributed by atoms with van der Waals surface area (Å²) in [6, 6.07) is 1.79. The van der Waals surface area contributed by atoms with Crippen molar-refractivity contribution in [1.82, 2.24) is 9.88 Å². The van der Waals surface area contributed by atoms with Gasteiger partial charge in [-0.25, -0.2) is 0 Å². The Labute approximate surface area is 84.1 Å². The highest BCUT2D eigenvalue weighted by Gasteiger charge is 2.09. The Hall–Kier alpha value is -1.13. The lowest BCUT2D eigenvalue weighted by Crippen LogP contribution is -2.20. The molecule has 0 fully saturated rings. The average molecular weight is 196 g/mol. The first-order chi connectivity index (χ1) is 6.63. The molecule has 1 rings (SSSR count). The smallest absolute Gasteiger partial charge is 0.137 e. The van der Waals surface area contributed by atoms with Gasteiger partial charge < -0.3 is 14.7 Å². The molecule has 0 aliphatic carbocycles. The van der Waals surface area contributed by atoms with Crippen LogP contribution in [-0.2, 0) is 0 Å². The first kappa shape index (κ1) is 10.9. The van der Waals surface area contributed by atoms with Crippen LogP contribution in [0.4, 0.5) is 0 Å². The molecule has 1 atom stereocenters. The largest absolute Gasteiger partial charge is 0.495 e. The van der Waals surface area contributed by atoms with Crippen LogP contribution in [0.25, 0.3) is 0 Å². The quantitative estimate of drug-likeness (QED) is 0.769. The van der Waals surface area contributed by atoms with Gasteiger partial charge in [-0.3, -0.25) is 4.98 Å². The summed E-state index contributed by atoms with van der Waals surface area (Å²) < 4.78 is 5.02. The molecule has 1 heterocycles. The van der Waals surface area contributed by atoms with E-state index in [0.717, 1.165) is 5.56 Å². The summed E-state index contributed by atoms with van der Waals surface area (Å²) in [5.41, 5.74) is 0.776. The molecule has 0 amide bonds. The lowest BCUT2D eigenvalue weighted by molar-refractivity contribution is 0.138. The number of hydrogen-bond acceptors (Lipinski definition) is 4. The van der Waals surface area contributed by atoms with Crippen LogP contribution in [0.15, 0.2) is 18.5 Å². The van der Waals surface area contributed by atoms with E-state index in [-0.39, 0.29) is 0 Å². The van der Waals surface area contributed by atoms with Gasteiger partial charge in [-0.15, -0.1) is 0 Å². The summed E-state index contributed by atoms with van der Waals surface area (Å²) in [4.78, 5) is 5.90. The molecule has 4 heteroatoms. The molecule has 0 saturated heterocycles. The molecular formula is C10H16N2O2. The minimum absolute atomic E-state index is 0.521. The lowest BCUT2D eigenvalue weighted by atomic mass is 10.1. The van der Waals surface area contributed by atoms with Gasteiger partial charge in [-0.05, 0) is 20.2 Å². The van der Waals surface area contributed by atoms with Crippen LogP contribution in [0.5, 0.6) is 5.75 Å². The monoisotopic (exact) mass is 196 g/mol. The summed E-state index contributed by atoms with van der Waals surface area (Å²) in [7, 11) is 5.41. The fourth-order valence-electron chi connectivity index (χ4n) is 1.18. The average Bonchev–Trinajstić information content (AvgIpc) is 2.17. The Morgan fingerprint density at radius 3 is 2.79 bits per heavy atom. The van der Waals surface area contributed by atoms with Gasteiger partial charge >= 0.3 is 0 Å². The SMILES string of the molecule is COc1cncc(C(O)CN(C)C)c1. The van der Waals surface area contributed by atoms with Crippen LogP contribution in [0.2, 0.25) is 0 Å². The van der Waals surface area contributed by atoms with Crippen molar-refractivity contribution in [3.05, 3.63) is 24.0 Å². The number of aromatic nitrogens is 1. The number of aliphatic hydroxyl groups excluding tert-OH is 1. The number of nitrogens with zero attached hydrogens (tertiary/aromatic N) is 2. The second-order valence-corrected chi connectivity index (χ2v) is 3.44. The van der Waals surface area contributed by atoms with Crippen LogP contribution in [0.1, 0.15) is 11.7 Å². The Morgan fingerprint density at radius 2 is 2.21 bits per heavy atom. The van der Waals surface area contributed by atoms with E-state index in [1.54, 1.807) is 25.6 Å². The maximum Gasteiger partial charge on any atom is 0.137 e. The predicted molar refractivity (Wildman–Crippen MR) is 54.3 cm³/mol. The third-order valence-electron chi connectivity index (χ3n) is 1.89. The van der Waals surface area contributed by atoms with E-state index < -0.39 is 6.10 Å². The van der Waals surface area contributed by atoms with Crippen molar-refractivity contribution in [1.29, 1.82) is 0 Å². The number of aliphatic hydroxyl groups is 1. The second kappa shape index (κ2) is 4.93. The third-order valence-corrected chi connectivity index (χ3v) is 1.89. The maximum atomic E-state index is 9.77. The van der Waals surface area contributed by atoms with Crippen LogP contribution in [0.3, 0.4) is 0 Å². The highest BCUT2D eigenvalue weighted by atomic mass is 16.5. The zero-order valence-electron chi connectivity index (χ0n) is 8.77. The molecule has 1 unspecified atom stereocenters. The number of hydrogen-bond donors (Lipinski definition) is 1. The molecule has 0 spiro atoms. The van der Waals surface area contributed by atoms with Gasteiger partial charge in [0, 0.05) is 18.3 Å². The van der Waals surface area contributed by atoms with Crippen LogP contribution in [0, 0.1) is 0 Å². The van der Waals surface area contributed by atoms with E-state index in [2.05, 4.69) is 4.98 Å². The Balaban J connectivity index is 2.73. The van der Waals surface area contributed by atoms with Crippen molar-refractivity contribution < 1.29 is 9.84 Å². The van der Waals surface area contributed by atoms with E-state index in [1.165, 1.54) is 0 Å². The standard InChI is InChI=1S/C10H16N2O2/c1-12(2)7-10(13)8-4-9(14-3)6-11-5-8/h4-6,10,13H,7H2,1-3H3. The van der Waals surface area contributed by atoms with Crippen molar-refractivity contribution >= 4 is 0 Å². The Morgan fingerprint density at radius 1 is 1.50 bits per heavy atom. The highest BCUT2D eigenvalue weighted by molar-refractivity contribution is 5.25. The van der Waals surface area contributed by atoms with Crippen LogP contribution in [-0.4, -0.2) is 42.7 Å². The number of ether oxygens (including phenoxy) is 1. The van der Waals surface area contributed by atoms with Crippen LogP contribution < -0.4 is 4.74 Å². The maximum absolute atomic E-state index is 9.77. The molecule has 1 aromatic heterocycles. The fourth-order valence-corrected chi connectivity index (χ4v) is 1.18. The van der Waals surface area contributed by atoms with Gasteiger partial charge in [0.2, 0.25) is 0 Å². The third kappa shape index (κ3) is 2.97. The topological polar surface area (TPSA) is 45.6 Å². The van der Waals surface area contributed by atoms with E-state index in [9.17, 15) is 5.11 Å². The molecule has 0 aliphatic rings. The van der Waals surface area contributed by atoms with E-state index in [4.69, 9.17) is 4.74 Å². The predicted octanol–water partition coefficient (Wildman–Crippen LogP) is 0.685. The molecular weight excluding hydrogens is 180 g/mol. The van der Waals surface area contributed by atoms with Crippen molar-refractivity contribution in [2.45, 2.75) is 6.10 Å².